The molecule has 1 heterocycles. The van der Waals surface area contributed by atoms with E-state index in [4.69, 9.17) is 5.73 Å². The van der Waals surface area contributed by atoms with Gasteiger partial charge in [0, 0.05) is 18.1 Å². The summed E-state index contributed by atoms with van der Waals surface area (Å²) in [4.78, 5) is 4.33. The molecule has 18 heavy (non-hydrogen) atoms. The SMILES string of the molecule is NCc1cccc(-c2ccc3ncccc3c2)c1. The summed E-state index contributed by atoms with van der Waals surface area (Å²) in [6, 6.07) is 18.7. The summed E-state index contributed by atoms with van der Waals surface area (Å²) in [5, 5.41) is 1.16. The van der Waals surface area contributed by atoms with Crippen molar-refractivity contribution in [1.82, 2.24) is 4.98 Å². The maximum atomic E-state index is 5.68. The van der Waals surface area contributed by atoms with Gasteiger partial charge >= 0.3 is 0 Å². The van der Waals surface area contributed by atoms with Gasteiger partial charge in [-0.2, -0.15) is 0 Å². The quantitative estimate of drug-likeness (QED) is 0.738. The van der Waals surface area contributed by atoms with Crippen LogP contribution in [0.1, 0.15) is 5.56 Å². The molecule has 0 bridgehead atoms. The molecule has 0 saturated heterocycles. The molecule has 2 N–H and O–H groups in total. The number of fused-ring (bicyclic) bond motifs is 1. The second-order valence-corrected chi connectivity index (χ2v) is 4.32. The first-order valence-corrected chi connectivity index (χ1v) is 6.01. The van der Waals surface area contributed by atoms with Crippen LogP contribution in [-0.4, -0.2) is 4.98 Å². The van der Waals surface area contributed by atoms with Crippen molar-refractivity contribution in [2.24, 2.45) is 5.73 Å². The first kappa shape index (κ1) is 10.9. The lowest BCUT2D eigenvalue weighted by Gasteiger charge is -2.05. The van der Waals surface area contributed by atoms with Crippen LogP contribution in [0.25, 0.3) is 22.0 Å². The minimum absolute atomic E-state index is 0.572. The van der Waals surface area contributed by atoms with E-state index >= 15 is 0 Å². The maximum absolute atomic E-state index is 5.68. The smallest absolute Gasteiger partial charge is 0.0702 e. The largest absolute Gasteiger partial charge is 0.326 e. The van der Waals surface area contributed by atoms with Crippen LogP contribution in [0.15, 0.2) is 60.8 Å². The topological polar surface area (TPSA) is 38.9 Å². The predicted octanol–water partition coefficient (Wildman–Crippen LogP) is 3.36. The highest BCUT2D eigenvalue weighted by atomic mass is 14.6. The normalized spacial score (nSPS) is 10.7. The van der Waals surface area contributed by atoms with E-state index in [1.54, 1.807) is 0 Å². The number of nitrogens with two attached hydrogens (primary N) is 1. The van der Waals surface area contributed by atoms with Gasteiger partial charge in [0.05, 0.1) is 5.52 Å². The van der Waals surface area contributed by atoms with Crippen LogP contribution in [0.5, 0.6) is 0 Å². The average molecular weight is 234 g/mol. The molecule has 3 rings (SSSR count). The van der Waals surface area contributed by atoms with Gasteiger partial charge in [-0.1, -0.05) is 30.3 Å². The molecule has 0 radical (unpaired) electrons. The molecule has 0 spiro atoms. The van der Waals surface area contributed by atoms with Crippen molar-refractivity contribution in [3.05, 3.63) is 66.4 Å². The van der Waals surface area contributed by atoms with Crippen LogP contribution in [0.3, 0.4) is 0 Å². The van der Waals surface area contributed by atoms with E-state index in [2.05, 4.69) is 41.4 Å². The van der Waals surface area contributed by atoms with Gasteiger partial charge in [-0.05, 0) is 41.0 Å². The molecule has 0 unspecified atom stereocenters. The van der Waals surface area contributed by atoms with Crippen molar-refractivity contribution in [2.45, 2.75) is 6.54 Å². The number of aromatic nitrogens is 1. The second kappa shape index (κ2) is 4.59. The Hall–Kier alpha value is -2.19. The molecular weight excluding hydrogens is 220 g/mol. The van der Waals surface area contributed by atoms with Crippen LogP contribution >= 0.6 is 0 Å². The molecular formula is C16H14N2. The van der Waals surface area contributed by atoms with Crippen molar-refractivity contribution >= 4 is 10.9 Å². The molecule has 2 nitrogen and oxygen atoms in total. The van der Waals surface area contributed by atoms with Gasteiger partial charge in [-0.3, -0.25) is 4.98 Å². The predicted molar refractivity (Wildman–Crippen MR) is 75.1 cm³/mol. The highest BCUT2D eigenvalue weighted by Gasteiger charge is 2.00. The summed E-state index contributed by atoms with van der Waals surface area (Å²) in [6.07, 6.45) is 1.82. The van der Waals surface area contributed by atoms with E-state index in [1.165, 1.54) is 11.1 Å². The Bertz CT molecular complexity index is 689. The minimum Gasteiger partial charge on any atom is -0.326 e. The highest BCUT2D eigenvalue weighted by molar-refractivity contribution is 5.84. The fourth-order valence-corrected chi connectivity index (χ4v) is 2.13. The minimum atomic E-state index is 0.572. The van der Waals surface area contributed by atoms with Crippen LogP contribution in [-0.2, 0) is 6.54 Å². The van der Waals surface area contributed by atoms with Crippen molar-refractivity contribution in [3.8, 4) is 11.1 Å². The van der Waals surface area contributed by atoms with E-state index in [1.807, 2.05) is 24.4 Å². The van der Waals surface area contributed by atoms with Crippen molar-refractivity contribution in [1.29, 1.82) is 0 Å². The number of benzene rings is 2. The number of hydrogen-bond acceptors (Lipinski definition) is 2. The Balaban J connectivity index is 2.13. The summed E-state index contributed by atoms with van der Waals surface area (Å²) in [7, 11) is 0. The van der Waals surface area contributed by atoms with Crippen molar-refractivity contribution in [2.75, 3.05) is 0 Å². The van der Waals surface area contributed by atoms with E-state index in [-0.39, 0.29) is 0 Å². The summed E-state index contributed by atoms with van der Waals surface area (Å²) < 4.78 is 0. The fourth-order valence-electron chi connectivity index (χ4n) is 2.13. The lowest BCUT2D eigenvalue weighted by atomic mass is 10.0. The van der Waals surface area contributed by atoms with Crippen LogP contribution in [0.4, 0.5) is 0 Å². The second-order valence-electron chi connectivity index (χ2n) is 4.32. The first-order chi connectivity index (χ1) is 8.86. The Morgan fingerprint density at radius 2 is 1.78 bits per heavy atom. The molecule has 1 aromatic heterocycles. The molecule has 0 saturated carbocycles. The van der Waals surface area contributed by atoms with E-state index in [9.17, 15) is 0 Å². The molecule has 0 aliphatic carbocycles. The molecule has 0 aliphatic heterocycles. The highest BCUT2D eigenvalue weighted by Crippen LogP contribution is 2.24. The van der Waals surface area contributed by atoms with Gasteiger partial charge in [0.15, 0.2) is 0 Å². The molecule has 0 atom stereocenters. The lowest BCUT2D eigenvalue weighted by Crippen LogP contribution is -1.95. The zero-order valence-electron chi connectivity index (χ0n) is 10.0. The lowest BCUT2D eigenvalue weighted by molar-refractivity contribution is 1.07. The molecule has 3 aromatic rings. The Kier molecular flexibility index (Phi) is 2.79. The van der Waals surface area contributed by atoms with Gasteiger partial charge in [-0.25, -0.2) is 0 Å². The van der Waals surface area contributed by atoms with Crippen LogP contribution in [0.2, 0.25) is 0 Å². The van der Waals surface area contributed by atoms with Gasteiger partial charge in [0.2, 0.25) is 0 Å². The van der Waals surface area contributed by atoms with E-state index in [0.717, 1.165) is 16.5 Å². The Labute approximate surface area is 106 Å². The first-order valence-electron chi connectivity index (χ1n) is 6.01. The molecule has 0 aliphatic rings. The number of rotatable bonds is 2. The zero-order chi connectivity index (χ0) is 12.4. The molecule has 2 heteroatoms. The number of nitrogens with zero attached hydrogens (tertiary/aromatic N) is 1. The maximum Gasteiger partial charge on any atom is 0.0702 e. The Morgan fingerprint density at radius 1 is 0.889 bits per heavy atom. The Morgan fingerprint density at radius 3 is 2.67 bits per heavy atom. The van der Waals surface area contributed by atoms with Crippen molar-refractivity contribution < 1.29 is 0 Å². The van der Waals surface area contributed by atoms with E-state index < -0.39 is 0 Å². The summed E-state index contributed by atoms with van der Waals surface area (Å²) >= 11 is 0. The molecule has 0 fully saturated rings. The van der Waals surface area contributed by atoms with Gasteiger partial charge < -0.3 is 5.73 Å². The van der Waals surface area contributed by atoms with Crippen molar-refractivity contribution in [3.63, 3.8) is 0 Å². The van der Waals surface area contributed by atoms with E-state index in [0.29, 0.717) is 6.54 Å². The summed E-state index contributed by atoms with van der Waals surface area (Å²) in [5.41, 5.74) is 10.3. The van der Waals surface area contributed by atoms with Gasteiger partial charge in [0.25, 0.3) is 0 Å². The monoisotopic (exact) mass is 234 g/mol. The van der Waals surface area contributed by atoms with Gasteiger partial charge in [-0.15, -0.1) is 0 Å². The number of pyridine rings is 1. The van der Waals surface area contributed by atoms with Gasteiger partial charge in [0.1, 0.15) is 0 Å². The third-order valence-electron chi connectivity index (χ3n) is 3.10. The summed E-state index contributed by atoms with van der Waals surface area (Å²) in [6.45, 7) is 0.572. The van der Waals surface area contributed by atoms with Crippen LogP contribution in [0, 0.1) is 0 Å². The van der Waals surface area contributed by atoms with Crippen LogP contribution < -0.4 is 5.73 Å². The third kappa shape index (κ3) is 1.98. The summed E-state index contributed by atoms with van der Waals surface area (Å²) in [5.74, 6) is 0. The molecule has 2 aromatic carbocycles. The average Bonchev–Trinajstić information content (AvgIpc) is 2.47. The third-order valence-corrected chi connectivity index (χ3v) is 3.10. The standard InChI is InChI=1S/C16H14N2/c17-11-12-3-1-4-13(9-12)14-6-7-16-15(10-14)5-2-8-18-16/h1-10H,11,17H2. The molecule has 0 amide bonds. The molecule has 88 valence electrons. The zero-order valence-corrected chi connectivity index (χ0v) is 10.0. The fraction of sp³-hybridized carbons (Fsp3) is 0.0625. The number of hydrogen-bond donors (Lipinski definition) is 1.